The van der Waals surface area contributed by atoms with Crippen molar-refractivity contribution in [2.45, 2.75) is 6.54 Å². The average Bonchev–Trinajstić information content (AvgIpc) is 2.83. The number of rotatable bonds is 5. The van der Waals surface area contributed by atoms with Crippen molar-refractivity contribution < 1.29 is 13.9 Å². The van der Waals surface area contributed by atoms with Crippen LogP contribution in [0.25, 0.3) is 11.3 Å². The lowest BCUT2D eigenvalue weighted by atomic mass is 10.0. The van der Waals surface area contributed by atoms with Gasteiger partial charge in [0.1, 0.15) is 17.3 Å². The molecule has 8 nitrogen and oxygen atoms in total. The SMILES string of the molecule is N#Cc1ccc(-c2nnccc2C(=O)NCc2cc(F)cnc2N2CCOCC2)cc1. The molecular weight excluding hydrogens is 399 g/mol. The molecule has 0 atom stereocenters. The first-order valence-corrected chi connectivity index (χ1v) is 9.73. The van der Waals surface area contributed by atoms with Gasteiger partial charge in [0.15, 0.2) is 0 Å². The first-order valence-electron chi connectivity index (χ1n) is 9.73. The molecule has 1 fully saturated rings. The van der Waals surface area contributed by atoms with Gasteiger partial charge in [0.2, 0.25) is 0 Å². The van der Waals surface area contributed by atoms with Gasteiger partial charge < -0.3 is 15.0 Å². The molecule has 0 unspecified atom stereocenters. The fourth-order valence-corrected chi connectivity index (χ4v) is 3.37. The standard InChI is InChI=1S/C22H19FN6O2/c23-18-11-17(21(25-14-18)29-7-9-31-10-8-29)13-26-22(30)19-5-6-27-28-20(19)16-3-1-15(12-24)2-4-16/h1-6,11,14H,7-10,13H2,(H,26,30). The van der Waals surface area contributed by atoms with Gasteiger partial charge in [-0.15, -0.1) is 5.10 Å². The van der Waals surface area contributed by atoms with Crippen LogP contribution >= 0.6 is 0 Å². The maximum Gasteiger partial charge on any atom is 0.253 e. The number of anilines is 1. The van der Waals surface area contributed by atoms with Crippen molar-refractivity contribution in [1.29, 1.82) is 5.26 Å². The highest BCUT2D eigenvalue weighted by Crippen LogP contribution is 2.22. The molecule has 156 valence electrons. The number of aromatic nitrogens is 3. The minimum Gasteiger partial charge on any atom is -0.378 e. The van der Waals surface area contributed by atoms with Gasteiger partial charge in [-0.25, -0.2) is 9.37 Å². The molecule has 3 heterocycles. The van der Waals surface area contributed by atoms with Crippen LogP contribution in [0, 0.1) is 17.1 Å². The van der Waals surface area contributed by atoms with E-state index in [1.54, 1.807) is 30.3 Å². The Labute approximate surface area is 178 Å². The third-order valence-corrected chi connectivity index (χ3v) is 4.91. The molecule has 1 N–H and O–H groups in total. The van der Waals surface area contributed by atoms with Crippen LogP contribution < -0.4 is 10.2 Å². The van der Waals surface area contributed by atoms with Gasteiger partial charge in [0.25, 0.3) is 5.91 Å². The van der Waals surface area contributed by atoms with Crippen LogP contribution in [0.2, 0.25) is 0 Å². The number of pyridine rings is 1. The molecule has 1 saturated heterocycles. The van der Waals surface area contributed by atoms with E-state index >= 15 is 0 Å². The number of carbonyl (C=O) groups excluding carboxylic acids is 1. The largest absolute Gasteiger partial charge is 0.378 e. The second-order valence-corrected chi connectivity index (χ2v) is 6.90. The predicted octanol–water partition coefficient (Wildman–Crippen LogP) is 2.32. The average molecular weight is 418 g/mol. The highest BCUT2D eigenvalue weighted by molar-refractivity contribution is 5.99. The van der Waals surface area contributed by atoms with Gasteiger partial charge in [0, 0.05) is 30.8 Å². The molecule has 0 radical (unpaired) electrons. The van der Waals surface area contributed by atoms with Crippen LogP contribution in [0.1, 0.15) is 21.5 Å². The topological polar surface area (TPSA) is 104 Å². The first kappa shape index (κ1) is 20.4. The summed E-state index contributed by atoms with van der Waals surface area (Å²) in [4.78, 5) is 19.2. The van der Waals surface area contributed by atoms with Crippen molar-refractivity contribution in [1.82, 2.24) is 20.5 Å². The molecular formula is C22H19FN6O2. The monoisotopic (exact) mass is 418 g/mol. The van der Waals surface area contributed by atoms with Crippen LogP contribution in [0.5, 0.6) is 0 Å². The summed E-state index contributed by atoms with van der Waals surface area (Å²) < 4.78 is 19.2. The third-order valence-electron chi connectivity index (χ3n) is 4.91. The highest BCUT2D eigenvalue weighted by Gasteiger charge is 2.19. The third kappa shape index (κ3) is 4.65. The van der Waals surface area contributed by atoms with Gasteiger partial charge in [0.05, 0.1) is 42.8 Å². The summed E-state index contributed by atoms with van der Waals surface area (Å²) in [6, 6.07) is 11.7. The molecule has 31 heavy (non-hydrogen) atoms. The molecule has 0 bridgehead atoms. The zero-order chi connectivity index (χ0) is 21.6. The number of nitriles is 1. The molecule has 3 aromatic rings. The van der Waals surface area contributed by atoms with Crippen LogP contribution in [0.4, 0.5) is 10.2 Å². The lowest BCUT2D eigenvalue weighted by Gasteiger charge is -2.29. The fourth-order valence-electron chi connectivity index (χ4n) is 3.37. The van der Waals surface area contributed by atoms with Gasteiger partial charge in [-0.05, 0) is 24.3 Å². The van der Waals surface area contributed by atoms with E-state index in [1.807, 2.05) is 4.90 Å². The Bertz CT molecular complexity index is 1120. The van der Waals surface area contributed by atoms with Crippen LogP contribution in [-0.4, -0.2) is 47.4 Å². The lowest BCUT2D eigenvalue weighted by molar-refractivity contribution is 0.0950. The normalized spacial score (nSPS) is 13.5. The Kier molecular flexibility index (Phi) is 6.10. The van der Waals surface area contributed by atoms with E-state index in [0.29, 0.717) is 60.1 Å². The summed E-state index contributed by atoms with van der Waals surface area (Å²) in [5.74, 6) is -0.207. The molecule has 1 aromatic carbocycles. The molecule has 0 aliphatic carbocycles. The molecule has 1 amide bonds. The number of halogens is 1. The van der Waals surface area contributed by atoms with Crippen molar-refractivity contribution in [2.75, 3.05) is 31.2 Å². The fraction of sp³-hybridized carbons (Fsp3) is 0.227. The zero-order valence-electron chi connectivity index (χ0n) is 16.6. The number of hydrogen-bond acceptors (Lipinski definition) is 7. The van der Waals surface area contributed by atoms with E-state index in [2.05, 4.69) is 26.6 Å². The van der Waals surface area contributed by atoms with Gasteiger partial charge in [-0.2, -0.15) is 10.4 Å². The number of nitrogens with zero attached hydrogens (tertiary/aromatic N) is 5. The Morgan fingerprint density at radius 2 is 2.00 bits per heavy atom. The number of ether oxygens (including phenoxy) is 1. The summed E-state index contributed by atoms with van der Waals surface area (Å²) in [6.07, 6.45) is 2.61. The molecule has 1 aliphatic rings. The summed E-state index contributed by atoms with van der Waals surface area (Å²) in [5, 5.41) is 19.8. The van der Waals surface area contributed by atoms with Crippen molar-refractivity contribution in [2.24, 2.45) is 0 Å². The van der Waals surface area contributed by atoms with Gasteiger partial charge in [-0.3, -0.25) is 4.79 Å². The summed E-state index contributed by atoms with van der Waals surface area (Å²) in [6.45, 7) is 2.54. The van der Waals surface area contributed by atoms with E-state index in [-0.39, 0.29) is 12.5 Å². The van der Waals surface area contributed by atoms with Crippen molar-refractivity contribution in [3.8, 4) is 17.3 Å². The smallest absolute Gasteiger partial charge is 0.253 e. The van der Waals surface area contributed by atoms with E-state index in [1.165, 1.54) is 18.5 Å². The second-order valence-electron chi connectivity index (χ2n) is 6.90. The first-order chi connectivity index (χ1) is 15.2. The zero-order valence-corrected chi connectivity index (χ0v) is 16.6. The van der Waals surface area contributed by atoms with E-state index < -0.39 is 5.82 Å². The van der Waals surface area contributed by atoms with Crippen molar-refractivity contribution >= 4 is 11.7 Å². The molecule has 2 aromatic heterocycles. The van der Waals surface area contributed by atoms with Crippen molar-refractivity contribution in [3.63, 3.8) is 0 Å². The lowest BCUT2D eigenvalue weighted by Crippen LogP contribution is -2.38. The second kappa shape index (κ2) is 9.28. The number of hydrogen-bond donors (Lipinski definition) is 1. The minimum absolute atomic E-state index is 0.103. The number of benzene rings is 1. The molecule has 4 rings (SSSR count). The van der Waals surface area contributed by atoms with Gasteiger partial charge in [-0.1, -0.05) is 12.1 Å². The Morgan fingerprint density at radius 3 is 2.74 bits per heavy atom. The quantitative estimate of drug-likeness (QED) is 0.678. The minimum atomic E-state index is -0.467. The Hall–Kier alpha value is -3.90. The number of carbonyl (C=O) groups is 1. The molecule has 1 aliphatic heterocycles. The molecule has 9 heteroatoms. The highest BCUT2D eigenvalue weighted by atomic mass is 19.1. The van der Waals surface area contributed by atoms with E-state index in [0.717, 1.165) is 0 Å². The molecule has 0 saturated carbocycles. The van der Waals surface area contributed by atoms with Crippen molar-refractivity contribution in [3.05, 3.63) is 71.3 Å². The Morgan fingerprint density at radius 1 is 1.23 bits per heavy atom. The maximum absolute atomic E-state index is 13.8. The number of amides is 1. The number of morpholine rings is 1. The predicted molar refractivity (Wildman–Crippen MR) is 111 cm³/mol. The van der Waals surface area contributed by atoms with Crippen LogP contribution in [-0.2, 0) is 11.3 Å². The van der Waals surface area contributed by atoms with Gasteiger partial charge >= 0.3 is 0 Å². The Balaban J connectivity index is 1.55. The van der Waals surface area contributed by atoms with Crippen LogP contribution in [0.3, 0.4) is 0 Å². The summed E-state index contributed by atoms with van der Waals surface area (Å²) >= 11 is 0. The van der Waals surface area contributed by atoms with Crippen LogP contribution in [0.15, 0.2) is 48.8 Å². The molecule has 0 spiro atoms. The van der Waals surface area contributed by atoms with E-state index in [4.69, 9.17) is 10.00 Å². The van der Waals surface area contributed by atoms with E-state index in [9.17, 15) is 9.18 Å². The summed E-state index contributed by atoms with van der Waals surface area (Å²) in [5.41, 5.74) is 2.48. The number of nitrogens with one attached hydrogen (secondary N) is 1. The summed E-state index contributed by atoms with van der Waals surface area (Å²) in [7, 11) is 0. The maximum atomic E-state index is 13.8.